The summed E-state index contributed by atoms with van der Waals surface area (Å²) < 4.78 is 0. The van der Waals surface area contributed by atoms with Crippen LogP contribution in [0.2, 0.25) is 10.0 Å². The van der Waals surface area contributed by atoms with E-state index in [4.69, 9.17) is 23.2 Å². The Morgan fingerprint density at radius 2 is 2.00 bits per heavy atom. The Hall–Kier alpha value is -0.930. The first-order chi connectivity index (χ1) is 7.47. The summed E-state index contributed by atoms with van der Waals surface area (Å²) in [5, 5.41) is 3.98. The van der Waals surface area contributed by atoms with E-state index in [0.29, 0.717) is 27.8 Å². The molecule has 0 bridgehead atoms. The minimum absolute atomic E-state index is 0.125. The highest BCUT2D eigenvalue weighted by Gasteiger charge is 2.16. The molecule has 1 aromatic carbocycles. The van der Waals surface area contributed by atoms with Crippen LogP contribution in [0.1, 0.15) is 17.3 Å². The molecule has 0 aliphatic rings. The van der Waals surface area contributed by atoms with E-state index in [-0.39, 0.29) is 5.91 Å². The molecular weight excluding hydrogens is 247 g/mol. The summed E-state index contributed by atoms with van der Waals surface area (Å²) in [5.74, 6) is -0.125. The van der Waals surface area contributed by atoms with Crippen molar-refractivity contribution in [1.82, 2.24) is 4.90 Å². The zero-order valence-electron chi connectivity index (χ0n) is 9.47. The fourth-order valence-electron chi connectivity index (χ4n) is 1.34. The fourth-order valence-corrected chi connectivity index (χ4v) is 1.90. The van der Waals surface area contributed by atoms with Gasteiger partial charge in [-0.15, -0.1) is 0 Å². The van der Waals surface area contributed by atoms with E-state index >= 15 is 0 Å². The summed E-state index contributed by atoms with van der Waals surface area (Å²) in [5.41, 5.74) is 1.12. The van der Waals surface area contributed by atoms with Gasteiger partial charge >= 0.3 is 0 Å². The summed E-state index contributed by atoms with van der Waals surface area (Å²) in [7, 11) is 3.37. The summed E-state index contributed by atoms with van der Waals surface area (Å²) >= 11 is 11.9. The lowest BCUT2D eigenvalue weighted by Gasteiger charge is -2.16. The molecule has 0 aliphatic heterocycles. The minimum atomic E-state index is -0.125. The summed E-state index contributed by atoms with van der Waals surface area (Å²) in [6.45, 7) is 2.63. The van der Waals surface area contributed by atoms with Crippen molar-refractivity contribution in [3.05, 3.63) is 27.7 Å². The first-order valence-corrected chi connectivity index (χ1v) is 5.67. The second-order valence-corrected chi connectivity index (χ2v) is 4.38. The second kappa shape index (κ2) is 5.41. The van der Waals surface area contributed by atoms with Crippen LogP contribution >= 0.6 is 23.2 Å². The van der Waals surface area contributed by atoms with Crippen LogP contribution < -0.4 is 5.32 Å². The van der Waals surface area contributed by atoms with Crippen molar-refractivity contribution in [1.29, 1.82) is 0 Å². The van der Waals surface area contributed by atoms with E-state index in [9.17, 15) is 4.79 Å². The van der Waals surface area contributed by atoms with Crippen molar-refractivity contribution >= 4 is 34.8 Å². The van der Waals surface area contributed by atoms with Gasteiger partial charge in [0.2, 0.25) is 0 Å². The van der Waals surface area contributed by atoms with Crippen molar-refractivity contribution in [2.75, 3.05) is 26.0 Å². The van der Waals surface area contributed by atoms with Gasteiger partial charge in [-0.2, -0.15) is 0 Å². The Morgan fingerprint density at radius 3 is 2.50 bits per heavy atom. The van der Waals surface area contributed by atoms with Crippen LogP contribution in [-0.2, 0) is 0 Å². The van der Waals surface area contributed by atoms with E-state index in [1.165, 1.54) is 4.90 Å². The largest absolute Gasteiger partial charge is 0.383 e. The Balaban J connectivity index is 3.28. The maximum absolute atomic E-state index is 11.9. The highest BCUT2D eigenvalue weighted by Crippen LogP contribution is 2.30. The molecule has 3 nitrogen and oxygen atoms in total. The molecule has 1 aromatic rings. The number of carbonyl (C=O) groups excluding carboxylic acids is 1. The Bertz CT molecular complexity index is 405. The maximum Gasteiger partial charge on any atom is 0.255 e. The van der Waals surface area contributed by atoms with Gasteiger partial charge in [-0.05, 0) is 19.1 Å². The normalized spacial score (nSPS) is 10.1. The average Bonchev–Trinajstić information content (AvgIpc) is 2.20. The molecule has 0 heterocycles. The van der Waals surface area contributed by atoms with Crippen LogP contribution in [0.15, 0.2) is 12.1 Å². The molecule has 0 spiro atoms. The molecule has 0 atom stereocenters. The summed E-state index contributed by atoms with van der Waals surface area (Å²) in [4.78, 5) is 13.4. The van der Waals surface area contributed by atoms with Gasteiger partial charge < -0.3 is 10.2 Å². The van der Waals surface area contributed by atoms with Gasteiger partial charge in [0.25, 0.3) is 5.91 Å². The van der Waals surface area contributed by atoms with Gasteiger partial charge in [0.05, 0.1) is 16.3 Å². The van der Waals surface area contributed by atoms with Crippen molar-refractivity contribution in [3.8, 4) is 0 Å². The topological polar surface area (TPSA) is 32.3 Å². The number of halogens is 2. The van der Waals surface area contributed by atoms with Gasteiger partial charge in [-0.25, -0.2) is 0 Å². The van der Waals surface area contributed by atoms with Crippen LogP contribution in [0.3, 0.4) is 0 Å². The standard InChI is InChI=1S/C11H14Cl2N2O/c1-4-14-10-8(11(16)15(2)3)5-7(12)6-9(10)13/h5-6,14H,4H2,1-3H3. The highest BCUT2D eigenvalue weighted by atomic mass is 35.5. The predicted molar refractivity (Wildman–Crippen MR) is 68.6 cm³/mol. The SMILES string of the molecule is CCNc1c(Cl)cc(Cl)cc1C(=O)N(C)C. The second-order valence-electron chi connectivity index (χ2n) is 3.54. The Labute approximate surface area is 105 Å². The molecule has 1 amide bonds. The number of benzene rings is 1. The molecule has 0 radical (unpaired) electrons. The molecule has 0 saturated carbocycles. The van der Waals surface area contributed by atoms with E-state index < -0.39 is 0 Å². The molecule has 88 valence electrons. The van der Waals surface area contributed by atoms with Crippen molar-refractivity contribution in [2.24, 2.45) is 0 Å². The van der Waals surface area contributed by atoms with Gasteiger partial charge in [-0.3, -0.25) is 4.79 Å². The first-order valence-electron chi connectivity index (χ1n) is 4.92. The Kier molecular flexibility index (Phi) is 4.44. The number of hydrogen-bond acceptors (Lipinski definition) is 2. The van der Waals surface area contributed by atoms with Crippen molar-refractivity contribution in [2.45, 2.75) is 6.92 Å². The van der Waals surface area contributed by atoms with Crippen LogP contribution in [0, 0.1) is 0 Å². The van der Waals surface area contributed by atoms with E-state index in [0.717, 1.165) is 0 Å². The predicted octanol–water partition coefficient (Wildman–Crippen LogP) is 3.13. The van der Waals surface area contributed by atoms with E-state index in [1.54, 1.807) is 26.2 Å². The number of nitrogens with zero attached hydrogens (tertiary/aromatic N) is 1. The maximum atomic E-state index is 11.9. The number of hydrogen-bond donors (Lipinski definition) is 1. The molecule has 0 fully saturated rings. The third-order valence-corrected chi connectivity index (χ3v) is 2.56. The molecule has 16 heavy (non-hydrogen) atoms. The average molecular weight is 261 g/mol. The first kappa shape index (κ1) is 13.1. The molecule has 0 unspecified atom stereocenters. The van der Waals surface area contributed by atoms with Gasteiger partial charge in [-0.1, -0.05) is 23.2 Å². The van der Waals surface area contributed by atoms with Crippen molar-refractivity contribution in [3.63, 3.8) is 0 Å². The van der Waals surface area contributed by atoms with Gasteiger partial charge in [0.15, 0.2) is 0 Å². The van der Waals surface area contributed by atoms with E-state index in [2.05, 4.69) is 5.32 Å². The van der Waals surface area contributed by atoms with Crippen molar-refractivity contribution < 1.29 is 4.79 Å². The monoisotopic (exact) mass is 260 g/mol. The van der Waals surface area contributed by atoms with Crippen LogP contribution in [0.25, 0.3) is 0 Å². The minimum Gasteiger partial charge on any atom is -0.383 e. The Morgan fingerprint density at radius 1 is 1.38 bits per heavy atom. The van der Waals surface area contributed by atoms with Crippen LogP contribution in [-0.4, -0.2) is 31.4 Å². The van der Waals surface area contributed by atoms with Gasteiger partial charge in [0, 0.05) is 25.7 Å². The third-order valence-electron chi connectivity index (χ3n) is 2.05. The molecular formula is C11H14Cl2N2O. The van der Waals surface area contributed by atoms with Crippen LogP contribution in [0.4, 0.5) is 5.69 Å². The molecule has 5 heteroatoms. The number of rotatable bonds is 3. The fraction of sp³-hybridized carbons (Fsp3) is 0.364. The number of anilines is 1. The summed E-state index contributed by atoms with van der Waals surface area (Å²) in [6.07, 6.45) is 0. The van der Waals surface area contributed by atoms with Gasteiger partial charge in [0.1, 0.15) is 0 Å². The number of amides is 1. The molecule has 0 saturated heterocycles. The quantitative estimate of drug-likeness (QED) is 0.906. The zero-order chi connectivity index (χ0) is 12.3. The molecule has 0 aromatic heterocycles. The number of nitrogens with one attached hydrogen (secondary N) is 1. The molecule has 0 aliphatic carbocycles. The smallest absolute Gasteiger partial charge is 0.255 e. The third kappa shape index (κ3) is 2.80. The lowest BCUT2D eigenvalue weighted by atomic mass is 10.1. The lowest BCUT2D eigenvalue weighted by Crippen LogP contribution is -2.23. The van der Waals surface area contributed by atoms with Crippen LogP contribution in [0.5, 0.6) is 0 Å². The van der Waals surface area contributed by atoms with E-state index in [1.807, 2.05) is 6.92 Å². The molecule has 1 rings (SSSR count). The zero-order valence-corrected chi connectivity index (χ0v) is 11.0. The lowest BCUT2D eigenvalue weighted by molar-refractivity contribution is 0.0828. The highest BCUT2D eigenvalue weighted by molar-refractivity contribution is 6.37. The number of carbonyl (C=O) groups is 1. The summed E-state index contributed by atoms with van der Waals surface area (Å²) in [6, 6.07) is 3.24. The molecule has 1 N–H and O–H groups in total.